The van der Waals surface area contributed by atoms with E-state index in [4.69, 9.17) is 16.3 Å². The third-order valence-electron chi connectivity index (χ3n) is 2.36. The quantitative estimate of drug-likeness (QED) is 0.786. The van der Waals surface area contributed by atoms with Gasteiger partial charge in [-0.2, -0.15) is 0 Å². The Morgan fingerprint density at radius 1 is 1.46 bits per heavy atom. The van der Waals surface area contributed by atoms with E-state index in [0.29, 0.717) is 6.04 Å². The maximum Gasteiger partial charge on any atom is 0.120 e. The van der Waals surface area contributed by atoms with Crippen LogP contribution in [0.1, 0.15) is 18.0 Å². The fourth-order valence-electron chi connectivity index (χ4n) is 1.48. The second kappa shape index (κ2) is 3.56. The number of nitrogens with one attached hydrogen (secondary N) is 1. The van der Waals surface area contributed by atoms with Gasteiger partial charge in [0, 0.05) is 11.1 Å². The van der Waals surface area contributed by atoms with Crippen LogP contribution in [-0.2, 0) is 0 Å². The predicted octanol–water partition coefficient (Wildman–Crippen LogP) is 2.38. The van der Waals surface area contributed by atoms with Crippen LogP contribution in [0.25, 0.3) is 0 Å². The summed E-state index contributed by atoms with van der Waals surface area (Å²) in [5, 5.41) is 4.07. The Morgan fingerprint density at radius 2 is 2.23 bits per heavy atom. The lowest BCUT2D eigenvalue weighted by Gasteiger charge is -2.28. The molecule has 0 amide bonds. The zero-order valence-electron chi connectivity index (χ0n) is 7.51. The minimum atomic E-state index is 0.465. The van der Waals surface area contributed by atoms with Gasteiger partial charge in [0.25, 0.3) is 0 Å². The van der Waals surface area contributed by atoms with Crippen LogP contribution in [0.3, 0.4) is 0 Å². The zero-order chi connectivity index (χ0) is 9.26. The van der Waals surface area contributed by atoms with Crippen LogP contribution in [0, 0.1) is 0 Å². The molecule has 1 aliphatic rings. The summed E-state index contributed by atoms with van der Waals surface area (Å²) >= 11 is 5.95. The van der Waals surface area contributed by atoms with E-state index in [-0.39, 0.29) is 0 Å². The molecule has 0 radical (unpaired) electrons. The third-order valence-corrected chi connectivity index (χ3v) is 2.57. The molecule has 1 unspecified atom stereocenters. The maximum atomic E-state index is 5.95. The van der Waals surface area contributed by atoms with Crippen molar-refractivity contribution in [2.45, 2.75) is 12.5 Å². The van der Waals surface area contributed by atoms with E-state index < -0.39 is 0 Å². The zero-order valence-corrected chi connectivity index (χ0v) is 8.27. The molecule has 2 rings (SSSR count). The van der Waals surface area contributed by atoms with Crippen LogP contribution in [0.2, 0.25) is 5.02 Å². The molecule has 0 spiro atoms. The van der Waals surface area contributed by atoms with Gasteiger partial charge < -0.3 is 10.1 Å². The Hall–Kier alpha value is -0.730. The second-order valence-electron chi connectivity index (χ2n) is 3.22. The number of benzene rings is 1. The average Bonchev–Trinajstić information content (AvgIpc) is 2.00. The normalized spacial score (nSPS) is 20.9. The minimum absolute atomic E-state index is 0.465. The fraction of sp³-hybridized carbons (Fsp3) is 0.400. The van der Waals surface area contributed by atoms with Crippen LogP contribution in [-0.4, -0.2) is 13.7 Å². The van der Waals surface area contributed by atoms with Crippen molar-refractivity contribution in [1.29, 1.82) is 0 Å². The van der Waals surface area contributed by atoms with Crippen molar-refractivity contribution >= 4 is 11.6 Å². The number of halogens is 1. The first-order chi connectivity index (χ1) is 6.29. The van der Waals surface area contributed by atoms with Gasteiger partial charge >= 0.3 is 0 Å². The smallest absolute Gasteiger partial charge is 0.120 e. The Balaban J connectivity index is 2.28. The molecule has 0 aliphatic carbocycles. The number of hydrogen-bond acceptors (Lipinski definition) is 2. The van der Waals surface area contributed by atoms with E-state index in [1.807, 2.05) is 18.2 Å². The minimum Gasteiger partial charge on any atom is -0.497 e. The molecule has 13 heavy (non-hydrogen) atoms. The first-order valence-electron chi connectivity index (χ1n) is 4.37. The first kappa shape index (κ1) is 8.85. The molecule has 1 aromatic carbocycles. The molecule has 2 nitrogen and oxygen atoms in total. The van der Waals surface area contributed by atoms with E-state index in [9.17, 15) is 0 Å². The van der Waals surface area contributed by atoms with Gasteiger partial charge in [-0.15, -0.1) is 0 Å². The number of methoxy groups -OCH3 is 1. The maximum absolute atomic E-state index is 5.95. The van der Waals surface area contributed by atoms with E-state index >= 15 is 0 Å². The molecule has 1 atom stereocenters. The Labute approximate surface area is 82.9 Å². The largest absolute Gasteiger partial charge is 0.497 e. The van der Waals surface area contributed by atoms with Gasteiger partial charge in [0.1, 0.15) is 5.75 Å². The topological polar surface area (TPSA) is 21.3 Å². The Bertz CT molecular complexity index is 310. The number of hydrogen-bond donors (Lipinski definition) is 1. The molecule has 3 heteroatoms. The van der Waals surface area contributed by atoms with Crippen LogP contribution in [0.5, 0.6) is 5.75 Å². The summed E-state index contributed by atoms with van der Waals surface area (Å²) < 4.78 is 5.14. The van der Waals surface area contributed by atoms with E-state index in [2.05, 4.69) is 5.32 Å². The summed E-state index contributed by atoms with van der Waals surface area (Å²) in [6.45, 7) is 1.10. The van der Waals surface area contributed by atoms with Gasteiger partial charge in [-0.3, -0.25) is 0 Å². The molecule has 0 aromatic heterocycles. The van der Waals surface area contributed by atoms with Gasteiger partial charge in [0.15, 0.2) is 0 Å². The van der Waals surface area contributed by atoms with Gasteiger partial charge in [-0.05, 0) is 36.7 Å². The number of rotatable bonds is 2. The molecular formula is C10H12ClNO. The summed E-state index contributed by atoms with van der Waals surface area (Å²) in [4.78, 5) is 0. The highest BCUT2D eigenvalue weighted by Gasteiger charge is 2.19. The van der Waals surface area contributed by atoms with Crippen molar-refractivity contribution in [2.24, 2.45) is 0 Å². The monoisotopic (exact) mass is 197 g/mol. The molecule has 1 heterocycles. The van der Waals surface area contributed by atoms with Crippen molar-refractivity contribution in [3.05, 3.63) is 28.8 Å². The van der Waals surface area contributed by atoms with E-state index in [1.54, 1.807) is 7.11 Å². The van der Waals surface area contributed by atoms with E-state index in [0.717, 1.165) is 17.3 Å². The second-order valence-corrected chi connectivity index (χ2v) is 3.66. The van der Waals surface area contributed by atoms with Crippen molar-refractivity contribution in [3.8, 4) is 5.75 Å². The molecule has 1 saturated heterocycles. The molecule has 1 fully saturated rings. The van der Waals surface area contributed by atoms with Crippen molar-refractivity contribution in [1.82, 2.24) is 5.32 Å². The highest BCUT2D eigenvalue weighted by molar-refractivity contribution is 6.30. The molecule has 1 aliphatic heterocycles. The molecule has 0 bridgehead atoms. The molecule has 0 saturated carbocycles. The molecule has 1 aromatic rings. The summed E-state index contributed by atoms with van der Waals surface area (Å²) in [5.74, 6) is 0.830. The van der Waals surface area contributed by atoms with Gasteiger partial charge in [0.2, 0.25) is 0 Å². The number of ether oxygens (including phenoxy) is 1. The summed E-state index contributed by atoms with van der Waals surface area (Å²) in [7, 11) is 1.66. The van der Waals surface area contributed by atoms with Gasteiger partial charge in [0.05, 0.1) is 7.11 Å². The SMILES string of the molecule is COc1cc(Cl)cc(C2CCN2)c1. The lowest BCUT2D eigenvalue weighted by atomic mass is 9.98. The highest BCUT2D eigenvalue weighted by atomic mass is 35.5. The molecule has 1 N–H and O–H groups in total. The third kappa shape index (κ3) is 1.79. The lowest BCUT2D eigenvalue weighted by Crippen LogP contribution is -2.34. The summed E-state index contributed by atoms with van der Waals surface area (Å²) in [6, 6.07) is 6.31. The lowest BCUT2D eigenvalue weighted by molar-refractivity contribution is 0.378. The average molecular weight is 198 g/mol. The Kier molecular flexibility index (Phi) is 2.42. The van der Waals surface area contributed by atoms with Crippen LogP contribution < -0.4 is 10.1 Å². The van der Waals surface area contributed by atoms with Crippen LogP contribution in [0.4, 0.5) is 0 Å². The fourth-order valence-corrected chi connectivity index (χ4v) is 1.71. The Morgan fingerprint density at radius 3 is 2.77 bits per heavy atom. The standard InChI is InChI=1S/C10H12ClNO/c1-13-9-5-7(4-8(11)6-9)10-2-3-12-10/h4-6,10,12H,2-3H2,1H3. The van der Waals surface area contributed by atoms with Gasteiger partial charge in [-0.1, -0.05) is 11.6 Å². The highest BCUT2D eigenvalue weighted by Crippen LogP contribution is 2.29. The first-order valence-corrected chi connectivity index (χ1v) is 4.75. The summed E-state index contributed by atoms with van der Waals surface area (Å²) in [6.07, 6.45) is 1.18. The predicted molar refractivity (Wildman–Crippen MR) is 53.4 cm³/mol. The van der Waals surface area contributed by atoms with Crippen molar-refractivity contribution < 1.29 is 4.74 Å². The van der Waals surface area contributed by atoms with Crippen molar-refractivity contribution in [2.75, 3.05) is 13.7 Å². The van der Waals surface area contributed by atoms with Crippen molar-refractivity contribution in [3.63, 3.8) is 0 Å². The van der Waals surface area contributed by atoms with E-state index in [1.165, 1.54) is 12.0 Å². The molecule has 70 valence electrons. The van der Waals surface area contributed by atoms with Crippen LogP contribution in [0.15, 0.2) is 18.2 Å². The van der Waals surface area contributed by atoms with Gasteiger partial charge in [-0.25, -0.2) is 0 Å². The molecular weight excluding hydrogens is 186 g/mol. The summed E-state index contributed by atoms with van der Waals surface area (Å²) in [5.41, 5.74) is 1.22. The van der Waals surface area contributed by atoms with Crippen LogP contribution >= 0.6 is 11.6 Å².